The molecule has 11 heteroatoms. The van der Waals surface area contributed by atoms with Crippen molar-refractivity contribution in [2.45, 2.75) is 39.8 Å². The Bertz CT molecular complexity index is 1490. The topological polar surface area (TPSA) is 120 Å². The van der Waals surface area contributed by atoms with E-state index >= 15 is 0 Å². The maximum Gasteiger partial charge on any atom is 0.252 e. The highest BCUT2D eigenvalue weighted by atomic mass is 19.1. The summed E-state index contributed by atoms with van der Waals surface area (Å²) >= 11 is 0. The molecular weight excluding hydrogens is 491 g/mol. The van der Waals surface area contributed by atoms with Gasteiger partial charge in [-0.3, -0.25) is 9.59 Å². The van der Waals surface area contributed by atoms with Crippen LogP contribution in [0.25, 0.3) is 5.78 Å². The van der Waals surface area contributed by atoms with Crippen LogP contribution in [0.2, 0.25) is 0 Å². The van der Waals surface area contributed by atoms with E-state index in [0.29, 0.717) is 36.1 Å². The first-order valence-electron chi connectivity index (χ1n) is 12.0. The van der Waals surface area contributed by atoms with Gasteiger partial charge >= 0.3 is 0 Å². The second kappa shape index (κ2) is 11.7. The zero-order valence-corrected chi connectivity index (χ0v) is 21.7. The number of ether oxygens (including phenoxy) is 2. The number of carbonyl (C=O) groups is 2. The number of aromatic nitrogens is 4. The van der Waals surface area contributed by atoms with E-state index < -0.39 is 11.7 Å². The lowest BCUT2D eigenvalue weighted by atomic mass is 10.1. The number of halogens is 1. The smallest absolute Gasteiger partial charge is 0.252 e. The Balaban J connectivity index is 1.39. The molecule has 0 atom stereocenters. The highest BCUT2D eigenvalue weighted by Crippen LogP contribution is 2.24. The zero-order chi connectivity index (χ0) is 27.2. The monoisotopic (exact) mass is 520 g/mol. The molecule has 38 heavy (non-hydrogen) atoms. The molecule has 0 aliphatic carbocycles. The largest absolute Gasteiger partial charge is 0.497 e. The summed E-state index contributed by atoms with van der Waals surface area (Å²) in [7, 11) is 3.16. The van der Waals surface area contributed by atoms with E-state index in [4.69, 9.17) is 9.47 Å². The molecule has 0 unspecified atom stereocenters. The molecule has 0 saturated heterocycles. The van der Waals surface area contributed by atoms with Crippen molar-refractivity contribution in [1.82, 2.24) is 30.2 Å². The molecule has 2 N–H and O–H groups in total. The van der Waals surface area contributed by atoms with Gasteiger partial charge in [-0.15, -0.1) is 5.10 Å². The van der Waals surface area contributed by atoms with Crippen molar-refractivity contribution in [2.75, 3.05) is 14.2 Å². The summed E-state index contributed by atoms with van der Waals surface area (Å²) in [4.78, 5) is 33.9. The van der Waals surface area contributed by atoms with Crippen LogP contribution in [0, 0.1) is 19.7 Å². The third-order valence-corrected chi connectivity index (χ3v) is 6.15. The van der Waals surface area contributed by atoms with Crippen LogP contribution in [0.4, 0.5) is 4.39 Å². The third kappa shape index (κ3) is 6.05. The summed E-state index contributed by atoms with van der Waals surface area (Å²) in [6.45, 7) is 4.12. The Labute approximate surface area is 219 Å². The van der Waals surface area contributed by atoms with Crippen LogP contribution in [0.5, 0.6) is 11.5 Å². The van der Waals surface area contributed by atoms with Crippen molar-refractivity contribution in [3.05, 3.63) is 82.2 Å². The SMILES string of the molecule is COc1ccc(OC)c(CNC(=O)CCc2c(C)nc3nc(CNC(=O)c4cccc(F)c4)nn3c2C)c1. The number of carbonyl (C=O) groups excluding carboxylic acids is 2. The lowest BCUT2D eigenvalue weighted by molar-refractivity contribution is -0.121. The van der Waals surface area contributed by atoms with Gasteiger partial charge in [-0.05, 0) is 62.2 Å². The second-order valence-electron chi connectivity index (χ2n) is 8.65. The number of hydrogen-bond acceptors (Lipinski definition) is 7. The number of fused-ring (bicyclic) bond motifs is 1. The molecule has 198 valence electrons. The predicted molar refractivity (Wildman–Crippen MR) is 138 cm³/mol. The second-order valence-corrected chi connectivity index (χ2v) is 8.65. The number of methoxy groups -OCH3 is 2. The molecule has 0 bridgehead atoms. The van der Waals surface area contributed by atoms with E-state index in [1.807, 2.05) is 19.9 Å². The quantitative estimate of drug-likeness (QED) is 0.330. The van der Waals surface area contributed by atoms with Gasteiger partial charge in [0.1, 0.15) is 17.3 Å². The highest BCUT2D eigenvalue weighted by Gasteiger charge is 2.16. The van der Waals surface area contributed by atoms with E-state index in [1.54, 1.807) is 30.9 Å². The predicted octanol–water partition coefficient (Wildman–Crippen LogP) is 3.08. The minimum Gasteiger partial charge on any atom is -0.497 e. The van der Waals surface area contributed by atoms with Crippen LogP contribution < -0.4 is 20.1 Å². The number of aryl methyl sites for hydroxylation is 2. The fourth-order valence-corrected chi connectivity index (χ4v) is 4.12. The molecule has 0 fully saturated rings. The summed E-state index contributed by atoms with van der Waals surface area (Å²) in [6, 6.07) is 10.9. The average Bonchev–Trinajstić information content (AvgIpc) is 3.33. The number of amides is 2. The van der Waals surface area contributed by atoms with Crippen molar-refractivity contribution >= 4 is 17.6 Å². The van der Waals surface area contributed by atoms with Crippen LogP contribution >= 0.6 is 0 Å². The van der Waals surface area contributed by atoms with Gasteiger partial charge in [0.15, 0.2) is 5.82 Å². The van der Waals surface area contributed by atoms with Gasteiger partial charge < -0.3 is 20.1 Å². The molecule has 0 spiro atoms. The van der Waals surface area contributed by atoms with Gasteiger partial charge in [-0.25, -0.2) is 13.9 Å². The van der Waals surface area contributed by atoms with Gasteiger partial charge in [0, 0.05) is 35.5 Å². The van der Waals surface area contributed by atoms with Gasteiger partial charge in [-0.2, -0.15) is 4.98 Å². The van der Waals surface area contributed by atoms with Crippen molar-refractivity contribution in [1.29, 1.82) is 0 Å². The summed E-state index contributed by atoms with van der Waals surface area (Å²) in [5.41, 5.74) is 3.48. The zero-order valence-electron chi connectivity index (χ0n) is 21.7. The first kappa shape index (κ1) is 26.5. The summed E-state index contributed by atoms with van der Waals surface area (Å²) in [5, 5.41) is 10.1. The maximum absolute atomic E-state index is 13.4. The average molecular weight is 521 g/mol. The fourth-order valence-electron chi connectivity index (χ4n) is 4.12. The molecule has 0 radical (unpaired) electrons. The fraction of sp³-hybridized carbons (Fsp3) is 0.296. The van der Waals surface area contributed by atoms with Crippen molar-refractivity contribution in [3.63, 3.8) is 0 Å². The van der Waals surface area contributed by atoms with E-state index in [-0.39, 0.29) is 24.4 Å². The van der Waals surface area contributed by atoms with E-state index in [0.717, 1.165) is 28.6 Å². The number of nitrogens with zero attached hydrogens (tertiary/aromatic N) is 4. The van der Waals surface area contributed by atoms with Crippen LogP contribution in [0.1, 0.15) is 45.1 Å². The standard InChI is InChI=1S/C27H29FN6O4/c1-16-22(9-11-25(35)29-14-19-13-21(37-3)8-10-23(19)38-4)17(2)34-27(31-16)32-24(33-34)15-30-26(36)18-6-5-7-20(28)12-18/h5-8,10,12-13H,9,11,14-15H2,1-4H3,(H,29,35)(H,30,36). The minimum absolute atomic E-state index is 0.0582. The summed E-state index contributed by atoms with van der Waals surface area (Å²) < 4.78 is 25.6. The lowest BCUT2D eigenvalue weighted by Gasteiger charge is -2.12. The van der Waals surface area contributed by atoms with Crippen molar-refractivity contribution < 1.29 is 23.5 Å². The number of rotatable bonds is 10. The van der Waals surface area contributed by atoms with Crippen LogP contribution in [-0.2, 0) is 24.3 Å². The highest BCUT2D eigenvalue weighted by molar-refractivity contribution is 5.94. The number of nitrogens with one attached hydrogen (secondary N) is 2. The van der Waals surface area contributed by atoms with Crippen molar-refractivity contribution in [3.8, 4) is 11.5 Å². The maximum atomic E-state index is 13.4. The van der Waals surface area contributed by atoms with E-state index in [9.17, 15) is 14.0 Å². The Kier molecular flexibility index (Phi) is 8.15. The molecule has 10 nitrogen and oxygen atoms in total. The first-order valence-corrected chi connectivity index (χ1v) is 12.0. The van der Waals surface area contributed by atoms with Crippen LogP contribution in [0.3, 0.4) is 0 Å². The molecule has 0 aliphatic rings. The Morgan fingerprint density at radius 3 is 2.55 bits per heavy atom. The van der Waals surface area contributed by atoms with E-state index in [1.165, 1.54) is 18.2 Å². The van der Waals surface area contributed by atoms with Crippen LogP contribution in [-0.4, -0.2) is 45.6 Å². The molecule has 4 rings (SSSR count). The Morgan fingerprint density at radius 1 is 1.00 bits per heavy atom. The number of benzene rings is 2. The van der Waals surface area contributed by atoms with E-state index in [2.05, 4.69) is 25.7 Å². The van der Waals surface area contributed by atoms with Crippen LogP contribution in [0.15, 0.2) is 42.5 Å². The molecule has 2 amide bonds. The number of hydrogen-bond donors (Lipinski definition) is 2. The Morgan fingerprint density at radius 2 is 1.82 bits per heavy atom. The molecule has 0 aliphatic heterocycles. The van der Waals surface area contributed by atoms with Gasteiger partial charge in [0.2, 0.25) is 5.91 Å². The Hall–Kier alpha value is -4.54. The lowest BCUT2D eigenvalue weighted by Crippen LogP contribution is -2.24. The molecule has 4 aromatic rings. The molecule has 2 aromatic heterocycles. The minimum atomic E-state index is -0.486. The summed E-state index contributed by atoms with van der Waals surface area (Å²) in [6.07, 6.45) is 0.722. The van der Waals surface area contributed by atoms with Gasteiger partial charge in [0.25, 0.3) is 11.7 Å². The first-order chi connectivity index (χ1) is 18.3. The molecule has 2 heterocycles. The van der Waals surface area contributed by atoms with Crippen molar-refractivity contribution in [2.24, 2.45) is 0 Å². The third-order valence-electron chi connectivity index (χ3n) is 6.15. The molecular formula is C27H29FN6O4. The van der Waals surface area contributed by atoms with Gasteiger partial charge in [0.05, 0.1) is 20.8 Å². The van der Waals surface area contributed by atoms with Gasteiger partial charge in [-0.1, -0.05) is 6.07 Å². The molecule has 2 aromatic carbocycles. The summed E-state index contributed by atoms with van der Waals surface area (Å²) in [5.74, 6) is 1.08. The molecule has 0 saturated carbocycles. The normalized spacial score (nSPS) is 10.9.